The molecule has 7 nitrogen and oxygen atoms in total. The minimum Gasteiger partial charge on any atom is -0.319 e. The van der Waals surface area contributed by atoms with E-state index in [9.17, 15) is 20.2 Å². The summed E-state index contributed by atoms with van der Waals surface area (Å²) < 4.78 is 0. The molecule has 0 aliphatic carbocycles. The van der Waals surface area contributed by atoms with Crippen molar-refractivity contribution in [3.63, 3.8) is 0 Å². The SMILES string of the molecule is CNCCc1ccc([N+](=O)[O-])cc1[N+](=O)[O-]. The Morgan fingerprint density at radius 1 is 1.25 bits per heavy atom. The highest BCUT2D eigenvalue weighted by Crippen LogP contribution is 2.24. The molecule has 7 heteroatoms. The second-order valence-corrected chi connectivity index (χ2v) is 3.18. The Morgan fingerprint density at radius 2 is 1.94 bits per heavy atom. The summed E-state index contributed by atoms with van der Waals surface area (Å²) in [7, 11) is 1.73. The Labute approximate surface area is 91.4 Å². The van der Waals surface area contributed by atoms with Crippen LogP contribution in [0.3, 0.4) is 0 Å². The molecule has 0 spiro atoms. The van der Waals surface area contributed by atoms with E-state index in [4.69, 9.17) is 0 Å². The van der Waals surface area contributed by atoms with Gasteiger partial charge in [-0.05, 0) is 26.1 Å². The van der Waals surface area contributed by atoms with Crippen molar-refractivity contribution < 1.29 is 9.85 Å². The number of hydrogen-bond acceptors (Lipinski definition) is 5. The Hall–Kier alpha value is -2.02. The molecular formula is C9H11N3O4. The molecule has 0 saturated heterocycles. The minimum atomic E-state index is -0.644. The molecule has 0 heterocycles. The summed E-state index contributed by atoms with van der Waals surface area (Å²) in [6.45, 7) is 0.582. The van der Waals surface area contributed by atoms with Gasteiger partial charge in [0.25, 0.3) is 11.4 Å². The van der Waals surface area contributed by atoms with Crippen LogP contribution in [0.15, 0.2) is 18.2 Å². The maximum Gasteiger partial charge on any atom is 0.279 e. The number of nitro groups is 2. The van der Waals surface area contributed by atoms with Crippen LogP contribution >= 0.6 is 0 Å². The molecule has 86 valence electrons. The zero-order chi connectivity index (χ0) is 12.1. The number of nitrogens with one attached hydrogen (secondary N) is 1. The first kappa shape index (κ1) is 12.1. The lowest BCUT2D eigenvalue weighted by molar-refractivity contribution is -0.394. The maximum absolute atomic E-state index is 10.7. The average molecular weight is 225 g/mol. The molecule has 0 saturated carbocycles. The van der Waals surface area contributed by atoms with Crippen molar-refractivity contribution in [3.8, 4) is 0 Å². The van der Waals surface area contributed by atoms with E-state index in [2.05, 4.69) is 5.32 Å². The van der Waals surface area contributed by atoms with Crippen molar-refractivity contribution in [1.29, 1.82) is 0 Å². The topological polar surface area (TPSA) is 98.3 Å². The number of nitro benzene ring substituents is 2. The van der Waals surface area contributed by atoms with Crippen LogP contribution in [-0.2, 0) is 6.42 Å². The smallest absolute Gasteiger partial charge is 0.279 e. The van der Waals surface area contributed by atoms with Crippen LogP contribution in [0, 0.1) is 20.2 Å². The monoisotopic (exact) mass is 225 g/mol. The Morgan fingerprint density at radius 3 is 2.44 bits per heavy atom. The standard InChI is InChI=1S/C9H11N3O4/c1-10-5-4-7-2-3-8(11(13)14)6-9(7)12(15)16/h2-3,6,10H,4-5H2,1H3. The molecule has 0 aliphatic rings. The molecule has 0 bridgehead atoms. The molecule has 0 aliphatic heterocycles. The number of rotatable bonds is 5. The molecule has 0 amide bonds. The van der Waals surface area contributed by atoms with Gasteiger partial charge in [-0.1, -0.05) is 0 Å². The van der Waals surface area contributed by atoms with Crippen LogP contribution in [0.1, 0.15) is 5.56 Å². The van der Waals surface area contributed by atoms with Crippen LogP contribution in [-0.4, -0.2) is 23.4 Å². The van der Waals surface area contributed by atoms with E-state index in [1.165, 1.54) is 12.1 Å². The van der Waals surface area contributed by atoms with Crippen molar-refractivity contribution in [3.05, 3.63) is 44.0 Å². The lowest BCUT2D eigenvalue weighted by Gasteiger charge is -2.02. The first-order valence-corrected chi connectivity index (χ1v) is 4.62. The van der Waals surface area contributed by atoms with E-state index in [1.54, 1.807) is 7.05 Å². The third-order valence-corrected chi connectivity index (χ3v) is 2.12. The average Bonchev–Trinajstić information content (AvgIpc) is 2.25. The second-order valence-electron chi connectivity index (χ2n) is 3.18. The first-order valence-electron chi connectivity index (χ1n) is 4.62. The summed E-state index contributed by atoms with van der Waals surface area (Å²) >= 11 is 0. The van der Waals surface area contributed by atoms with Gasteiger partial charge in [0, 0.05) is 11.6 Å². The van der Waals surface area contributed by atoms with Gasteiger partial charge in [-0.15, -0.1) is 0 Å². The molecule has 0 fully saturated rings. The largest absolute Gasteiger partial charge is 0.319 e. The number of non-ortho nitro benzene ring substituents is 1. The molecule has 0 unspecified atom stereocenters. The van der Waals surface area contributed by atoms with Gasteiger partial charge in [0.15, 0.2) is 0 Å². The van der Waals surface area contributed by atoms with Crippen molar-refractivity contribution in [2.75, 3.05) is 13.6 Å². The van der Waals surface area contributed by atoms with Gasteiger partial charge in [0.05, 0.1) is 15.9 Å². The van der Waals surface area contributed by atoms with E-state index in [0.717, 1.165) is 6.07 Å². The van der Waals surface area contributed by atoms with E-state index in [0.29, 0.717) is 18.5 Å². The van der Waals surface area contributed by atoms with E-state index >= 15 is 0 Å². The van der Waals surface area contributed by atoms with Crippen LogP contribution in [0.5, 0.6) is 0 Å². The fraction of sp³-hybridized carbons (Fsp3) is 0.333. The third-order valence-electron chi connectivity index (χ3n) is 2.12. The van der Waals surface area contributed by atoms with Gasteiger partial charge in [-0.3, -0.25) is 20.2 Å². The predicted molar refractivity (Wildman–Crippen MR) is 57.4 cm³/mol. The molecule has 0 radical (unpaired) electrons. The summed E-state index contributed by atoms with van der Waals surface area (Å²) in [5, 5.41) is 24.1. The summed E-state index contributed by atoms with van der Waals surface area (Å²) in [5.41, 5.74) is 0.0225. The summed E-state index contributed by atoms with van der Waals surface area (Å²) in [6.07, 6.45) is 0.463. The summed E-state index contributed by atoms with van der Waals surface area (Å²) in [4.78, 5) is 20.0. The molecule has 1 aromatic carbocycles. The fourth-order valence-electron chi connectivity index (χ4n) is 1.31. The molecular weight excluding hydrogens is 214 g/mol. The highest BCUT2D eigenvalue weighted by atomic mass is 16.6. The second kappa shape index (κ2) is 5.17. The molecule has 0 atom stereocenters. The highest BCUT2D eigenvalue weighted by Gasteiger charge is 2.18. The van der Waals surface area contributed by atoms with Crippen LogP contribution < -0.4 is 5.32 Å². The zero-order valence-corrected chi connectivity index (χ0v) is 8.67. The first-order chi connectivity index (χ1) is 7.56. The van der Waals surface area contributed by atoms with Gasteiger partial charge in [0.1, 0.15) is 0 Å². The lowest BCUT2D eigenvalue weighted by atomic mass is 10.1. The quantitative estimate of drug-likeness (QED) is 0.600. The third kappa shape index (κ3) is 2.74. The molecule has 1 rings (SSSR count). The van der Waals surface area contributed by atoms with Gasteiger partial charge >= 0.3 is 0 Å². The van der Waals surface area contributed by atoms with E-state index in [-0.39, 0.29) is 11.4 Å². The minimum absolute atomic E-state index is 0.204. The van der Waals surface area contributed by atoms with Crippen molar-refractivity contribution in [2.24, 2.45) is 0 Å². The summed E-state index contributed by atoms with van der Waals surface area (Å²) in [6, 6.07) is 3.69. The lowest BCUT2D eigenvalue weighted by Crippen LogP contribution is -2.11. The normalized spacial score (nSPS) is 10.1. The van der Waals surface area contributed by atoms with Crippen LogP contribution in [0.4, 0.5) is 11.4 Å². The van der Waals surface area contributed by atoms with Crippen molar-refractivity contribution in [1.82, 2.24) is 5.32 Å². The molecule has 0 aromatic heterocycles. The zero-order valence-electron chi connectivity index (χ0n) is 8.67. The molecule has 1 aromatic rings. The molecule has 1 N–H and O–H groups in total. The van der Waals surface area contributed by atoms with Gasteiger partial charge in [-0.25, -0.2) is 0 Å². The Bertz CT molecular complexity index is 419. The molecule has 16 heavy (non-hydrogen) atoms. The summed E-state index contributed by atoms with van der Waals surface area (Å²) in [5.74, 6) is 0. The van der Waals surface area contributed by atoms with Gasteiger partial charge < -0.3 is 5.32 Å². The Balaban J connectivity index is 3.09. The van der Waals surface area contributed by atoms with Crippen molar-refractivity contribution in [2.45, 2.75) is 6.42 Å². The van der Waals surface area contributed by atoms with Gasteiger partial charge in [-0.2, -0.15) is 0 Å². The number of benzene rings is 1. The number of hydrogen-bond donors (Lipinski definition) is 1. The number of likely N-dealkylation sites (N-methyl/N-ethyl adjacent to an activating group) is 1. The van der Waals surface area contributed by atoms with E-state index in [1.807, 2.05) is 0 Å². The van der Waals surface area contributed by atoms with Crippen LogP contribution in [0.2, 0.25) is 0 Å². The Kier molecular flexibility index (Phi) is 3.90. The van der Waals surface area contributed by atoms with Gasteiger partial charge in [0.2, 0.25) is 0 Å². The fourth-order valence-corrected chi connectivity index (χ4v) is 1.31. The van der Waals surface area contributed by atoms with Crippen molar-refractivity contribution >= 4 is 11.4 Å². The van der Waals surface area contributed by atoms with Crippen LogP contribution in [0.25, 0.3) is 0 Å². The van der Waals surface area contributed by atoms with E-state index < -0.39 is 9.85 Å². The predicted octanol–water partition coefficient (Wildman–Crippen LogP) is 1.26. The number of nitrogens with zero attached hydrogens (tertiary/aromatic N) is 2. The highest BCUT2D eigenvalue weighted by molar-refractivity contribution is 5.49. The maximum atomic E-state index is 10.7.